The van der Waals surface area contributed by atoms with Crippen molar-refractivity contribution in [3.05, 3.63) is 70.5 Å². The molecule has 0 aromatic heterocycles. The van der Waals surface area contributed by atoms with Crippen LogP contribution >= 0.6 is 11.6 Å². The van der Waals surface area contributed by atoms with Crippen LogP contribution in [-0.2, 0) is 15.8 Å². The van der Waals surface area contributed by atoms with Gasteiger partial charge in [-0.05, 0) is 30.7 Å². The zero-order valence-corrected chi connectivity index (χ0v) is 13.0. The first-order chi connectivity index (χ1) is 9.87. The van der Waals surface area contributed by atoms with E-state index >= 15 is 0 Å². The maximum Gasteiger partial charge on any atom is 0.216 e. The number of hydrogen-bond donors (Lipinski definition) is 1. The van der Waals surface area contributed by atoms with Crippen molar-refractivity contribution in [1.29, 1.82) is 0 Å². The number of rotatable bonds is 5. The van der Waals surface area contributed by atoms with Crippen molar-refractivity contribution in [3.8, 4) is 0 Å². The predicted octanol–water partition coefficient (Wildman–Crippen LogP) is 3.66. The van der Waals surface area contributed by atoms with Gasteiger partial charge >= 0.3 is 0 Å². The van der Waals surface area contributed by atoms with Gasteiger partial charge in [0.1, 0.15) is 5.82 Å². The molecule has 2 aromatic carbocycles. The molecule has 2 aromatic rings. The van der Waals surface area contributed by atoms with Crippen LogP contribution in [0.2, 0.25) is 5.02 Å². The van der Waals surface area contributed by atoms with E-state index in [1.807, 2.05) is 0 Å². The molecule has 0 amide bonds. The number of benzene rings is 2. The van der Waals surface area contributed by atoms with Crippen LogP contribution in [0.4, 0.5) is 4.39 Å². The third kappa shape index (κ3) is 4.52. The van der Waals surface area contributed by atoms with Gasteiger partial charge in [-0.25, -0.2) is 17.5 Å². The number of sulfonamides is 1. The van der Waals surface area contributed by atoms with E-state index in [2.05, 4.69) is 4.72 Å². The Morgan fingerprint density at radius 3 is 2.57 bits per heavy atom. The lowest BCUT2D eigenvalue weighted by Gasteiger charge is -2.15. The molecular weight excluding hydrogens is 313 g/mol. The molecule has 21 heavy (non-hydrogen) atoms. The van der Waals surface area contributed by atoms with Crippen LogP contribution in [0.5, 0.6) is 0 Å². The average molecular weight is 328 g/mol. The average Bonchev–Trinajstić information content (AvgIpc) is 2.40. The fraction of sp³-hybridized carbons (Fsp3) is 0.200. The predicted molar refractivity (Wildman–Crippen MR) is 82.0 cm³/mol. The van der Waals surface area contributed by atoms with Gasteiger partial charge < -0.3 is 0 Å². The molecule has 0 bridgehead atoms. The Hall–Kier alpha value is -1.43. The van der Waals surface area contributed by atoms with E-state index in [1.165, 1.54) is 18.2 Å². The summed E-state index contributed by atoms with van der Waals surface area (Å²) in [7, 11) is -3.65. The van der Waals surface area contributed by atoms with Gasteiger partial charge in [-0.1, -0.05) is 41.9 Å². The van der Waals surface area contributed by atoms with Crippen LogP contribution in [0.25, 0.3) is 0 Å². The lowest BCUT2D eigenvalue weighted by Crippen LogP contribution is -2.28. The Kier molecular flexibility index (Phi) is 4.98. The standard InChI is InChI=1S/C15H15ClFNO2S/c1-11(12-6-4-7-14(16)9-12)18-21(19,20)10-13-5-2-3-8-15(13)17/h2-9,11,18H,10H2,1H3. The Morgan fingerprint density at radius 2 is 1.90 bits per heavy atom. The summed E-state index contributed by atoms with van der Waals surface area (Å²) in [6.45, 7) is 1.71. The van der Waals surface area contributed by atoms with E-state index in [0.717, 1.165) is 5.56 Å². The molecule has 0 fully saturated rings. The van der Waals surface area contributed by atoms with Gasteiger partial charge in [0, 0.05) is 16.6 Å². The number of hydrogen-bond acceptors (Lipinski definition) is 2. The molecule has 1 N–H and O–H groups in total. The first-order valence-corrected chi connectivity index (χ1v) is 8.39. The Balaban J connectivity index is 2.12. The van der Waals surface area contributed by atoms with Crippen LogP contribution in [-0.4, -0.2) is 8.42 Å². The maximum absolute atomic E-state index is 13.5. The normalized spacial score (nSPS) is 13.1. The Bertz CT molecular complexity index is 734. The first kappa shape index (κ1) is 15.9. The molecule has 0 radical (unpaired) electrons. The molecule has 0 aliphatic heterocycles. The fourth-order valence-electron chi connectivity index (χ4n) is 1.98. The second-order valence-electron chi connectivity index (χ2n) is 4.75. The summed E-state index contributed by atoms with van der Waals surface area (Å²) >= 11 is 5.88. The Morgan fingerprint density at radius 1 is 1.19 bits per heavy atom. The lowest BCUT2D eigenvalue weighted by atomic mass is 10.1. The first-order valence-electron chi connectivity index (χ1n) is 6.36. The van der Waals surface area contributed by atoms with E-state index in [9.17, 15) is 12.8 Å². The molecule has 3 nitrogen and oxygen atoms in total. The highest BCUT2D eigenvalue weighted by molar-refractivity contribution is 7.88. The highest BCUT2D eigenvalue weighted by Gasteiger charge is 2.18. The molecule has 1 atom stereocenters. The monoisotopic (exact) mass is 327 g/mol. The summed E-state index contributed by atoms with van der Waals surface area (Å²) in [5.41, 5.74) is 0.892. The van der Waals surface area contributed by atoms with Crippen molar-refractivity contribution in [1.82, 2.24) is 4.72 Å². The molecule has 0 aliphatic carbocycles. The minimum atomic E-state index is -3.65. The van der Waals surface area contributed by atoms with Crippen molar-refractivity contribution in [3.63, 3.8) is 0 Å². The summed E-state index contributed by atoms with van der Waals surface area (Å²) < 4.78 is 40.3. The second kappa shape index (κ2) is 6.56. The molecule has 1 unspecified atom stereocenters. The van der Waals surface area contributed by atoms with E-state index < -0.39 is 27.6 Å². The van der Waals surface area contributed by atoms with Gasteiger partial charge in [0.2, 0.25) is 10.0 Å². The van der Waals surface area contributed by atoms with Crippen molar-refractivity contribution in [2.75, 3.05) is 0 Å². The quantitative estimate of drug-likeness (QED) is 0.911. The van der Waals surface area contributed by atoms with Gasteiger partial charge in [-0.3, -0.25) is 0 Å². The molecule has 2 rings (SSSR count). The third-order valence-electron chi connectivity index (χ3n) is 3.01. The minimum Gasteiger partial charge on any atom is -0.212 e. The van der Waals surface area contributed by atoms with Crippen molar-refractivity contribution >= 4 is 21.6 Å². The molecule has 0 aliphatic rings. The summed E-state index contributed by atoms with van der Waals surface area (Å²) in [6, 6.07) is 12.3. The SMILES string of the molecule is CC(NS(=O)(=O)Cc1ccccc1F)c1cccc(Cl)c1. The van der Waals surface area contributed by atoms with Crippen LogP contribution in [0.3, 0.4) is 0 Å². The summed E-state index contributed by atoms with van der Waals surface area (Å²) in [6.07, 6.45) is 0. The van der Waals surface area contributed by atoms with Crippen LogP contribution in [0.15, 0.2) is 48.5 Å². The zero-order chi connectivity index (χ0) is 15.5. The van der Waals surface area contributed by atoms with E-state index in [4.69, 9.17) is 11.6 Å². The van der Waals surface area contributed by atoms with Gasteiger partial charge in [-0.15, -0.1) is 0 Å². The summed E-state index contributed by atoms with van der Waals surface area (Å²) in [5, 5.41) is 0.535. The minimum absolute atomic E-state index is 0.142. The van der Waals surface area contributed by atoms with Crippen molar-refractivity contribution in [2.24, 2.45) is 0 Å². The lowest BCUT2D eigenvalue weighted by molar-refractivity contribution is 0.561. The Labute approximate surface area is 128 Å². The van der Waals surface area contributed by atoms with Crippen molar-refractivity contribution in [2.45, 2.75) is 18.7 Å². The zero-order valence-electron chi connectivity index (χ0n) is 11.4. The van der Waals surface area contributed by atoms with Crippen LogP contribution in [0.1, 0.15) is 24.1 Å². The second-order valence-corrected chi connectivity index (χ2v) is 6.94. The molecule has 0 saturated heterocycles. The van der Waals surface area contributed by atoms with Crippen LogP contribution in [0, 0.1) is 5.82 Å². The number of halogens is 2. The van der Waals surface area contributed by atoms with Gasteiger partial charge in [0.05, 0.1) is 5.75 Å². The molecular formula is C15H15ClFNO2S. The van der Waals surface area contributed by atoms with E-state index in [1.54, 1.807) is 37.3 Å². The summed E-state index contributed by atoms with van der Waals surface area (Å²) in [5.74, 6) is -0.928. The smallest absolute Gasteiger partial charge is 0.212 e. The van der Waals surface area contributed by atoms with Gasteiger partial charge in [-0.2, -0.15) is 0 Å². The van der Waals surface area contributed by atoms with Crippen molar-refractivity contribution < 1.29 is 12.8 Å². The topological polar surface area (TPSA) is 46.2 Å². The van der Waals surface area contributed by atoms with E-state index in [0.29, 0.717) is 5.02 Å². The maximum atomic E-state index is 13.5. The molecule has 0 saturated carbocycles. The highest BCUT2D eigenvalue weighted by atomic mass is 35.5. The van der Waals surface area contributed by atoms with Gasteiger partial charge in [0.25, 0.3) is 0 Å². The number of nitrogens with one attached hydrogen (secondary N) is 1. The van der Waals surface area contributed by atoms with Crippen LogP contribution < -0.4 is 4.72 Å². The highest BCUT2D eigenvalue weighted by Crippen LogP contribution is 2.19. The molecule has 112 valence electrons. The third-order valence-corrected chi connectivity index (χ3v) is 4.65. The largest absolute Gasteiger partial charge is 0.216 e. The summed E-state index contributed by atoms with van der Waals surface area (Å²) in [4.78, 5) is 0. The molecule has 0 spiro atoms. The molecule has 0 heterocycles. The molecule has 6 heteroatoms. The van der Waals surface area contributed by atoms with E-state index in [-0.39, 0.29) is 5.56 Å². The fourth-order valence-corrected chi connectivity index (χ4v) is 3.58. The van der Waals surface area contributed by atoms with Gasteiger partial charge in [0.15, 0.2) is 0 Å².